The molecule has 6 heterocycles. The Balaban J connectivity index is 1.24. The zero-order valence-electron chi connectivity index (χ0n) is 23.4. The molecule has 42 heavy (non-hydrogen) atoms. The minimum absolute atomic E-state index is 0.0317. The van der Waals surface area contributed by atoms with E-state index in [9.17, 15) is 13.6 Å². The maximum absolute atomic E-state index is 12.6. The SMILES string of the molecule is C[C@@H]1C=C(c2ccc3ncc(C(=O)NCC(F)F)n3c2)c2cnc(Nc3ccc(N4CCN(C)CC4)nc3)nc2CN1. The van der Waals surface area contributed by atoms with E-state index in [1.807, 2.05) is 25.1 Å². The van der Waals surface area contributed by atoms with Crippen molar-refractivity contribution < 1.29 is 13.6 Å². The number of halogens is 2. The first kappa shape index (κ1) is 27.7. The number of alkyl halides is 2. The summed E-state index contributed by atoms with van der Waals surface area (Å²) in [5.74, 6) is 0.797. The van der Waals surface area contributed by atoms with Gasteiger partial charge in [-0.15, -0.1) is 0 Å². The molecule has 0 aromatic carbocycles. The third kappa shape index (κ3) is 5.92. The van der Waals surface area contributed by atoms with Crippen molar-refractivity contribution in [3.63, 3.8) is 0 Å². The lowest BCUT2D eigenvalue weighted by Gasteiger charge is -2.33. The summed E-state index contributed by atoms with van der Waals surface area (Å²) in [6.07, 6.45) is 6.20. The summed E-state index contributed by atoms with van der Waals surface area (Å²) in [7, 11) is 2.13. The molecule has 6 rings (SSSR count). The van der Waals surface area contributed by atoms with E-state index in [-0.39, 0.29) is 11.7 Å². The van der Waals surface area contributed by atoms with E-state index in [0.717, 1.165) is 60.1 Å². The number of piperazine rings is 1. The minimum Gasteiger partial charge on any atom is -0.354 e. The molecule has 4 aromatic rings. The maximum atomic E-state index is 12.6. The molecule has 2 aliphatic rings. The zero-order chi connectivity index (χ0) is 29.2. The van der Waals surface area contributed by atoms with Crippen LogP contribution in [0.25, 0.3) is 11.2 Å². The molecule has 0 saturated carbocycles. The van der Waals surface area contributed by atoms with E-state index in [4.69, 9.17) is 4.98 Å². The lowest BCUT2D eigenvalue weighted by atomic mass is 9.98. The van der Waals surface area contributed by atoms with Crippen LogP contribution < -0.4 is 20.9 Å². The monoisotopic (exact) mass is 574 g/mol. The summed E-state index contributed by atoms with van der Waals surface area (Å²) in [5, 5.41) is 8.97. The molecule has 3 N–H and O–H groups in total. The number of likely N-dealkylation sites (N-methyl/N-ethyl adjacent to an activating group) is 1. The fraction of sp³-hybridized carbons (Fsp3) is 0.345. The molecule has 1 amide bonds. The van der Waals surface area contributed by atoms with Gasteiger partial charge in [0.2, 0.25) is 5.95 Å². The van der Waals surface area contributed by atoms with Crippen molar-refractivity contribution in [1.82, 2.24) is 39.9 Å². The van der Waals surface area contributed by atoms with Gasteiger partial charge in [0.05, 0.1) is 30.3 Å². The second-order valence-electron chi connectivity index (χ2n) is 10.5. The highest BCUT2D eigenvalue weighted by Gasteiger charge is 2.21. The van der Waals surface area contributed by atoms with Gasteiger partial charge in [0.15, 0.2) is 0 Å². The number of imidazole rings is 1. The molecule has 13 heteroatoms. The molecule has 11 nitrogen and oxygen atoms in total. The number of anilines is 3. The smallest absolute Gasteiger partial charge is 0.270 e. The zero-order valence-corrected chi connectivity index (χ0v) is 23.4. The lowest BCUT2D eigenvalue weighted by molar-refractivity contribution is 0.0886. The van der Waals surface area contributed by atoms with Crippen molar-refractivity contribution in [2.24, 2.45) is 0 Å². The highest BCUT2D eigenvalue weighted by atomic mass is 19.3. The van der Waals surface area contributed by atoms with Crippen molar-refractivity contribution in [1.29, 1.82) is 0 Å². The Hall–Kier alpha value is -4.49. The van der Waals surface area contributed by atoms with Crippen LogP contribution >= 0.6 is 0 Å². The average Bonchev–Trinajstić information content (AvgIpc) is 3.34. The van der Waals surface area contributed by atoms with Crippen LogP contribution in [-0.2, 0) is 6.54 Å². The Labute approximate surface area is 241 Å². The highest BCUT2D eigenvalue weighted by Crippen LogP contribution is 2.29. The second kappa shape index (κ2) is 11.8. The second-order valence-corrected chi connectivity index (χ2v) is 10.5. The number of amides is 1. The van der Waals surface area contributed by atoms with E-state index in [2.05, 4.69) is 53.8 Å². The topological polar surface area (TPSA) is 116 Å². The van der Waals surface area contributed by atoms with Gasteiger partial charge in [0.1, 0.15) is 17.2 Å². The molecule has 4 aromatic heterocycles. The predicted molar refractivity (Wildman–Crippen MR) is 156 cm³/mol. The number of carbonyl (C=O) groups is 1. The van der Waals surface area contributed by atoms with Crippen LogP contribution in [0.3, 0.4) is 0 Å². The van der Waals surface area contributed by atoms with E-state index in [0.29, 0.717) is 18.1 Å². The van der Waals surface area contributed by atoms with Crippen molar-refractivity contribution in [2.75, 3.05) is 50.0 Å². The molecule has 0 aliphatic carbocycles. The fourth-order valence-corrected chi connectivity index (χ4v) is 5.13. The number of hydrogen-bond acceptors (Lipinski definition) is 9. The Morgan fingerprint density at radius 3 is 2.67 bits per heavy atom. The fourth-order valence-electron chi connectivity index (χ4n) is 5.13. The van der Waals surface area contributed by atoms with Crippen LogP contribution in [0.15, 0.2) is 55.1 Å². The Bertz CT molecular complexity index is 1610. The van der Waals surface area contributed by atoms with Gasteiger partial charge in [-0.2, -0.15) is 0 Å². The van der Waals surface area contributed by atoms with Crippen molar-refractivity contribution >= 4 is 34.6 Å². The van der Waals surface area contributed by atoms with Gasteiger partial charge in [-0.25, -0.2) is 28.7 Å². The van der Waals surface area contributed by atoms with Gasteiger partial charge in [0.25, 0.3) is 12.3 Å². The van der Waals surface area contributed by atoms with Gasteiger partial charge >= 0.3 is 0 Å². The number of aromatic nitrogens is 5. The first-order chi connectivity index (χ1) is 20.3. The predicted octanol–water partition coefficient (Wildman–Crippen LogP) is 2.93. The van der Waals surface area contributed by atoms with E-state index in [1.165, 1.54) is 6.20 Å². The van der Waals surface area contributed by atoms with Crippen LogP contribution in [0, 0.1) is 0 Å². The van der Waals surface area contributed by atoms with Crippen LogP contribution in [0.1, 0.15) is 34.2 Å². The third-order valence-corrected chi connectivity index (χ3v) is 7.46. The number of pyridine rings is 2. The first-order valence-corrected chi connectivity index (χ1v) is 13.9. The number of carbonyl (C=O) groups excluding carboxylic acids is 1. The van der Waals surface area contributed by atoms with Gasteiger partial charge in [-0.05, 0) is 49.4 Å². The normalized spacial score (nSPS) is 17.6. The Morgan fingerprint density at radius 2 is 1.90 bits per heavy atom. The minimum atomic E-state index is -2.64. The van der Waals surface area contributed by atoms with Gasteiger partial charge in [0, 0.05) is 56.7 Å². The van der Waals surface area contributed by atoms with E-state index >= 15 is 0 Å². The van der Waals surface area contributed by atoms with Crippen molar-refractivity contribution in [2.45, 2.75) is 25.9 Å². The number of nitrogens with zero attached hydrogens (tertiary/aromatic N) is 7. The average molecular weight is 575 g/mol. The third-order valence-electron chi connectivity index (χ3n) is 7.46. The molecule has 2 aliphatic heterocycles. The van der Waals surface area contributed by atoms with Crippen molar-refractivity contribution in [3.8, 4) is 0 Å². The standard InChI is InChI=1S/C29H32F2N10O/c1-18-11-21(19-3-5-27-34-15-24(41(27)17-19)28(42)35-16-25(30)31)22-13-36-29(38-23(22)14-32-18)37-20-4-6-26(33-12-20)40-9-7-39(2)8-10-40/h3-6,11-13,15,17-18,25,32H,7-10,14,16H2,1-2H3,(H,35,42)(H,36,37,38)/t18-/m1/s1. The number of nitrogens with one attached hydrogen (secondary N) is 3. The number of hydrogen-bond donors (Lipinski definition) is 3. The Kier molecular flexibility index (Phi) is 7.76. The van der Waals surface area contributed by atoms with Gasteiger partial charge in [-0.1, -0.05) is 6.08 Å². The molecule has 0 bridgehead atoms. The lowest BCUT2D eigenvalue weighted by Crippen LogP contribution is -2.44. The summed E-state index contributed by atoms with van der Waals surface area (Å²) in [4.78, 5) is 35.5. The molecule has 1 fully saturated rings. The van der Waals surface area contributed by atoms with Gasteiger partial charge < -0.3 is 25.8 Å². The molecule has 218 valence electrons. The van der Waals surface area contributed by atoms with Crippen molar-refractivity contribution in [3.05, 3.63) is 77.6 Å². The van der Waals surface area contributed by atoms with E-state index in [1.54, 1.807) is 29.1 Å². The number of rotatable bonds is 7. The molecule has 0 unspecified atom stereocenters. The molecule has 1 atom stereocenters. The summed E-state index contributed by atoms with van der Waals surface area (Å²) in [6, 6.07) is 7.73. The van der Waals surface area contributed by atoms with Crippen LogP contribution in [0.2, 0.25) is 0 Å². The Morgan fingerprint density at radius 1 is 1.07 bits per heavy atom. The first-order valence-electron chi connectivity index (χ1n) is 13.9. The largest absolute Gasteiger partial charge is 0.354 e. The van der Waals surface area contributed by atoms with Crippen LogP contribution in [-0.4, -0.2) is 87.4 Å². The van der Waals surface area contributed by atoms with E-state index < -0.39 is 18.9 Å². The quantitative estimate of drug-likeness (QED) is 0.307. The van der Waals surface area contributed by atoms with Crippen LogP contribution in [0.4, 0.5) is 26.2 Å². The molecule has 1 saturated heterocycles. The highest BCUT2D eigenvalue weighted by molar-refractivity contribution is 5.93. The summed E-state index contributed by atoms with van der Waals surface area (Å²) >= 11 is 0. The summed E-state index contributed by atoms with van der Waals surface area (Å²) in [6.45, 7) is 5.79. The maximum Gasteiger partial charge on any atom is 0.270 e. The molecule has 0 spiro atoms. The molecular weight excluding hydrogens is 542 g/mol. The van der Waals surface area contributed by atoms with Crippen LogP contribution in [0.5, 0.6) is 0 Å². The summed E-state index contributed by atoms with van der Waals surface area (Å²) < 4.78 is 26.9. The van der Waals surface area contributed by atoms with Gasteiger partial charge in [-0.3, -0.25) is 9.20 Å². The molecular formula is C29H32F2N10O. The molecule has 0 radical (unpaired) electrons. The number of fused-ring (bicyclic) bond motifs is 2. The summed E-state index contributed by atoms with van der Waals surface area (Å²) in [5.41, 5.74) is 4.87.